The number of hydrogen-bond donors (Lipinski definition) is 1. The van der Waals surface area contributed by atoms with Crippen LogP contribution in [0.1, 0.15) is 35.5 Å². The minimum atomic E-state index is -4.68. The van der Waals surface area contributed by atoms with Gasteiger partial charge >= 0.3 is 6.18 Å². The first-order chi connectivity index (χ1) is 11.7. The van der Waals surface area contributed by atoms with Crippen LogP contribution in [0.2, 0.25) is 0 Å². The summed E-state index contributed by atoms with van der Waals surface area (Å²) in [7, 11) is 0. The maximum atomic E-state index is 12.6. The highest BCUT2D eigenvalue weighted by molar-refractivity contribution is 7.11. The highest BCUT2D eigenvalue weighted by Crippen LogP contribution is 2.33. The second kappa shape index (κ2) is 7.89. The fraction of sp³-hybridized carbons (Fsp3) is 0.400. The number of aromatic nitrogens is 2. The molecule has 0 saturated carbocycles. The number of alkyl halides is 3. The molecule has 6 nitrogen and oxygen atoms in total. The van der Waals surface area contributed by atoms with Gasteiger partial charge in [-0.2, -0.15) is 13.2 Å². The van der Waals surface area contributed by atoms with Crippen LogP contribution in [0, 0.1) is 0 Å². The van der Waals surface area contributed by atoms with E-state index in [-0.39, 0.29) is 17.9 Å². The summed E-state index contributed by atoms with van der Waals surface area (Å²) in [5.74, 6) is -0.907. The number of benzene rings is 1. The Morgan fingerprint density at radius 3 is 2.44 bits per heavy atom. The van der Waals surface area contributed by atoms with Crippen molar-refractivity contribution in [1.82, 2.24) is 15.3 Å². The van der Waals surface area contributed by atoms with Gasteiger partial charge in [0, 0.05) is 0 Å². The minimum Gasteiger partial charge on any atom is -0.376 e. The molecule has 0 radical (unpaired) electrons. The number of amides is 1. The van der Waals surface area contributed by atoms with Crippen molar-refractivity contribution in [2.24, 2.45) is 0 Å². The topological polar surface area (TPSA) is 75.5 Å². The van der Waals surface area contributed by atoms with Crippen molar-refractivity contribution < 1.29 is 27.9 Å². The zero-order chi connectivity index (χ0) is 18.6. The number of carbonyl (C=O) groups is 1. The van der Waals surface area contributed by atoms with Crippen LogP contribution in [0.4, 0.5) is 13.2 Å². The quantitative estimate of drug-likeness (QED) is 0.786. The zero-order valence-corrected chi connectivity index (χ0v) is 14.2. The third-order valence-corrected chi connectivity index (χ3v) is 4.07. The van der Waals surface area contributed by atoms with E-state index in [1.165, 1.54) is 0 Å². The van der Waals surface area contributed by atoms with Crippen LogP contribution in [0.25, 0.3) is 0 Å². The molecule has 0 aliphatic heterocycles. The maximum Gasteiger partial charge on any atom is 0.445 e. The molecule has 0 bridgehead atoms. The predicted molar refractivity (Wildman–Crippen MR) is 83.1 cm³/mol. The van der Waals surface area contributed by atoms with E-state index < -0.39 is 34.2 Å². The summed E-state index contributed by atoms with van der Waals surface area (Å²) in [6, 6.07) is 8.57. The fourth-order valence-electron chi connectivity index (χ4n) is 1.87. The van der Waals surface area contributed by atoms with E-state index in [0.717, 1.165) is 10.6 Å². The first-order valence-corrected chi connectivity index (χ1v) is 8.10. The molecule has 0 spiro atoms. The smallest absolute Gasteiger partial charge is 0.376 e. The number of nitrogens with zero attached hydrogens (tertiary/aromatic N) is 3. The van der Waals surface area contributed by atoms with E-state index >= 15 is 0 Å². The average molecular weight is 375 g/mol. The maximum absolute atomic E-state index is 12.6. The monoisotopic (exact) mass is 375 g/mol. The Labute approximate surface area is 145 Å². The van der Waals surface area contributed by atoms with Gasteiger partial charge in [-0.25, -0.2) is 5.06 Å². The summed E-state index contributed by atoms with van der Waals surface area (Å²) in [5, 5.41) is 15.5. The van der Waals surface area contributed by atoms with Crippen LogP contribution >= 0.6 is 11.3 Å². The Kier molecular flexibility index (Phi) is 6.09. The van der Waals surface area contributed by atoms with E-state index in [2.05, 4.69) is 10.2 Å². The van der Waals surface area contributed by atoms with Crippen molar-refractivity contribution in [2.45, 2.75) is 38.8 Å². The van der Waals surface area contributed by atoms with E-state index in [9.17, 15) is 23.1 Å². The lowest BCUT2D eigenvalue weighted by Gasteiger charge is -2.27. The van der Waals surface area contributed by atoms with Crippen LogP contribution < -0.4 is 0 Å². The highest BCUT2D eigenvalue weighted by atomic mass is 32.1. The molecule has 10 heteroatoms. The third-order valence-electron chi connectivity index (χ3n) is 3.05. The van der Waals surface area contributed by atoms with Gasteiger partial charge in [0.05, 0.1) is 6.04 Å². The number of aliphatic hydroxyl groups excluding tert-OH is 1. The normalized spacial score (nSPS) is 13.1. The number of halogens is 3. The van der Waals surface area contributed by atoms with Crippen molar-refractivity contribution in [3.63, 3.8) is 0 Å². The highest BCUT2D eigenvalue weighted by Gasteiger charge is 2.38. The summed E-state index contributed by atoms with van der Waals surface area (Å²) in [5.41, 5.74) is 0.797. The lowest BCUT2D eigenvalue weighted by Crippen LogP contribution is -2.40. The van der Waals surface area contributed by atoms with Gasteiger partial charge in [0.2, 0.25) is 5.01 Å². The Bertz CT molecular complexity index is 707. The molecule has 1 atom stereocenters. The molecule has 136 valence electrons. The van der Waals surface area contributed by atoms with Crippen molar-refractivity contribution in [3.8, 4) is 0 Å². The van der Waals surface area contributed by atoms with E-state index in [1.807, 2.05) is 6.07 Å². The van der Waals surface area contributed by atoms with Crippen LogP contribution in [0.3, 0.4) is 0 Å². The van der Waals surface area contributed by atoms with Crippen molar-refractivity contribution in [3.05, 3.63) is 45.9 Å². The van der Waals surface area contributed by atoms with Gasteiger partial charge in [0.1, 0.15) is 6.61 Å². The largest absolute Gasteiger partial charge is 0.445 e. The van der Waals surface area contributed by atoms with E-state index in [1.54, 1.807) is 38.1 Å². The number of rotatable bonds is 6. The van der Waals surface area contributed by atoms with Crippen molar-refractivity contribution >= 4 is 17.2 Å². The average Bonchev–Trinajstić information content (AvgIpc) is 3.05. The SMILES string of the molecule is CC(C)N(OCc1ccccc1)C(=O)C(O)c1nnc(C(F)(F)F)s1. The summed E-state index contributed by atoms with van der Waals surface area (Å²) in [4.78, 5) is 17.8. The molecule has 1 aromatic heterocycles. The lowest BCUT2D eigenvalue weighted by atomic mass is 10.2. The molecule has 1 amide bonds. The Morgan fingerprint density at radius 1 is 1.28 bits per heavy atom. The molecule has 25 heavy (non-hydrogen) atoms. The lowest BCUT2D eigenvalue weighted by molar-refractivity contribution is -0.210. The zero-order valence-electron chi connectivity index (χ0n) is 13.4. The molecular formula is C15H16F3N3O3S. The van der Waals surface area contributed by atoms with E-state index in [0.29, 0.717) is 0 Å². The molecule has 0 fully saturated rings. The number of carbonyl (C=O) groups excluding carboxylic acids is 1. The second-order valence-corrected chi connectivity index (χ2v) is 6.37. The second-order valence-electron chi connectivity index (χ2n) is 5.36. The van der Waals surface area contributed by atoms with Gasteiger partial charge in [0.25, 0.3) is 5.91 Å². The Hall–Kier alpha value is -2.04. The van der Waals surface area contributed by atoms with Crippen molar-refractivity contribution in [2.75, 3.05) is 0 Å². The third kappa shape index (κ3) is 4.97. The first-order valence-electron chi connectivity index (χ1n) is 7.28. The van der Waals surface area contributed by atoms with Gasteiger partial charge < -0.3 is 5.11 Å². The van der Waals surface area contributed by atoms with Crippen LogP contribution in [0.15, 0.2) is 30.3 Å². The van der Waals surface area contributed by atoms with E-state index in [4.69, 9.17) is 4.84 Å². The molecule has 0 aliphatic rings. The summed E-state index contributed by atoms with van der Waals surface area (Å²) in [6.45, 7) is 3.37. The summed E-state index contributed by atoms with van der Waals surface area (Å²) < 4.78 is 37.7. The molecule has 0 saturated heterocycles. The van der Waals surface area contributed by atoms with Gasteiger partial charge in [-0.15, -0.1) is 10.2 Å². The molecule has 2 aromatic rings. The minimum absolute atomic E-state index is 0.0708. The number of hydrogen-bond acceptors (Lipinski definition) is 6. The predicted octanol–water partition coefficient (Wildman–Crippen LogP) is 2.96. The summed E-state index contributed by atoms with van der Waals surface area (Å²) in [6.07, 6.45) is -6.56. The fourth-order valence-corrected chi connectivity index (χ4v) is 2.56. The van der Waals surface area contributed by atoms with Gasteiger partial charge in [-0.05, 0) is 19.4 Å². The van der Waals surface area contributed by atoms with Crippen LogP contribution in [0.5, 0.6) is 0 Å². The summed E-state index contributed by atoms with van der Waals surface area (Å²) >= 11 is 0.120. The Balaban J connectivity index is 2.09. The van der Waals surface area contributed by atoms with Gasteiger partial charge in [0.15, 0.2) is 11.1 Å². The van der Waals surface area contributed by atoms with Gasteiger partial charge in [-0.3, -0.25) is 9.63 Å². The first kappa shape index (κ1) is 19.3. The molecule has 1 unspecified atom stereocenters. The van der Waals surface area contributed by atoms with Crippen LogP contribution in [-0.4, -0.2) is 32.3 Å². The molecule has 1 N–H and O–H groups in total. The Morgan fingerprint density at radius 2 is 1.92 bits per heavy atom. The molecule has 2 rings (SSSR count). The molecule has 1 aromatic carbocycles. The molecular weight excluding hydrogens is 359 g/mol. The molecule has 0 aliphatic carbocycles. The van der Waals surface area contributed by atoms with Crippen molar-refractivity contribution in [1.29, 1.82) is 0 Å². The molecule has 1 heterocycles. The van der Waals surface area contributed by atoms with Crippen LogP contribution in [-0.2, 0) is 22.4 Å². The van der Waals surface area contributed by atoms with Gasteiger partial charge in [-0.1, -0.05) is 41.7 Å². The number of hydroxylamine groups is 2. The number of aliphatic hydroxyl groups is 1. The standard InChI is InChI=1S/C15H16F3N3O3S/c1-9(2)21(24-8-10-6-4-3-5-7-10)13(23)11(22)12-19-20-14(25-12)15(16,17)18/h3-7,9,11,22H,8H2,1-2H3.